The predicted octanol–water partition coefficient (Wildman–Crippen LogP) is 1.80. The molecule has 1 heterocycles. The van der Waals surface area contributed by atoms with E-state index >= 15 is 0 Å². The zero-order valence-electron chi connectivity index (χ0n) is 11.5. The van der Waals surface area contributed by atoms with Gasteiger partial charge >= 0.3 is 5.69 Å². The second-order valence-electron chi connectivity index (χ2n) is 4.83. The quantitative estimate of drug-likeness (QED) is 0.469. The van der Waals surface area contributed by atoms with E-state index in [0.717, 1.165) is 25.3 Å². The fourth-order valence-corrected chi connectivity index (χ4v) is 2.25. The van der Waals surface area contributed by atoms with Crippen molar-refractivity contribution in [2.24, 2.45) is 0 Å². The lowest BCUT2D eigenvalue weighted by Crippen LogP contribution is -2.38. The molecule has 0 atom stereocenters. The molecule has 21 heavy (non-hydrogen) atoms. The van der Waals surface area contributed by atoms with Crippen LogP contribution < -0.4 is 4.74 Å². The van der Waals surface area contributed by atoms with Crippen LogP contribution in [0.25, 0.3) is 0 Å². The molecule has 0 aliphatic carbocycles. The minimum atomic E-state index is -0.631. The van der Waals surface area contributed by atoms with Crippen molar-refractivity contribution in [3.63, 3.8) is 0 Å². The average Bonchev–Trinajstić information content (AvgIpc) is 2.53. The van der Waals surface area contributed by atoms with Crippen molar-refractivity contribution >= 4 is 17.9 Å². The van der Waals surface area contributed by atoms with Gasteiger partial charge in [-0.1, -0.05) is 0 Å². The number of amides is 1. The first-order chi connectivity index (χ1) is 10.1. The molecule has 112 valence electrons. The number of likely N-dealkylation sites (tertiary alicyclic amines) is 1. The van der Waals surface area contributed by atoms with E-state index in [4.69, 9.17) is 4.74 Å². The van der Waals surface area contributed by atoms with Crippen LogP contribution in [0.5, 0.6) is 5.75 Å². The van der Waals surface area contributed by atoms with Crippen LogP contribution in [0.4, 0.5) is 5.69 Å². The van der Waals surface area contributed by atoms with Gasteiger partial charge in [0.2, 0.25) is 0 Å². The molecular formula is C14H16N2O5. The van der Waals surface area contributed by atoms with Crippen LogP contribution in [0.2, 0.25) is 0 Å². The fourth-order valence-electron chi connectivity index (χ4n) is 2.25. The van der Waals surface area contributed by atoms with Crippen molar-refractivity contribution in [3.8, 4) is 5.75 Å². The Morgan fingerprint density at radius 2 is 2.05 bits per heavy atom. The number of nitro benzene ring substituents is 1. The van der Waals surface area contributed by atoms with Crippen molar-refractivity contribution in [1.29, 1.82) is 0 Å². The number of nitrogens with zero attached hydrogens (tertiary/aromatic N) is 2. The first-order valence-corrected chi connectivity index (χ1v) is 6.76. The maximum absolute atomic E-state index is 12.0. The van der Waals surface area contributed by atoms with Crippen LogP contribution in [-0.4, -0.2) is 41.7 Å². The van der Waals surface area contributed by atoms with Gasteiger partial charge in [0.1, 0.15) is 6.29 Å². The molecule has 7 nitrogen and oxygen atoms in total. The van der Waals surface area contributed by atoms with E-state index in [1.54, 1.807) is 4.90 Å². The maximum atomic E-state index is 12.0. The summed E-state index contributed by atoms with van der Waals surface area (Å²) in [5.74, 6) is -0.181. The smallest absolute Gasteiger partial charge is 0.311 e. The molecule has 2 rings (SSSR count). The first-order valence-electron chi connectivity index (χ1n) is 6.76. The summed E-state index contributed by atoms with van der Waals surface area (Å²) in [4.78, 5) is 34.6. The lowest BCUT2D eigenvalue weighted by molar-refractivity contribution is -0.385. The molecule has 0 aromatic heterocycles. The van der Waals surface area contributed by atoms with Crippen LogP contribution in [0.1, 0.15) is 29.6 Å². The van der Waals surface area contributed by atoms with Gasteiger partial charge in [0, 0.05) is 24.7 Å². The molecule has 0 saturated carbocycles. The van der Waals surface area contributed by atoms with Crippen molar-refractivity contribution in [2.75, 3.05) is 19.7 Å². The highest BCUT2D eigenvalue weighted by atomic mass is 16.6. The standard InChI is InChI=1S/C14H16N2O5/c17-9-11-4-5-13(12(8-11)16(19)20)21-10-14(18)15-6-2-1-3-7-15/h4-5,8-9H,1-3,6-7,10H2. The molecule has 1 saturated heterocycles. The first kappa shape index (κ1) is 15.0. The predicted molar refractivity (Wildman–Crippen MR) is 74.4 cm³/mol. The minimum absolute atomic E-state index is 0.00374. The molecule has 0 N–H and O–H groups in total. The lowest BCUT2D eigenvalue weighted by atomic mass is 10.1. The fraction of sp³-hybridized carbons (Fsp3) is 0.429. The van der Waals surface area contributed by atoms with Crippen LogP contribution >= 0.6 is 0 Å². The Morgan fingerprint density at radius 3 is 2.67 bits per heavy atom. The molecular weight excluding hydrogens is 276 g/mol. The Hall–Kier alpha value is -2.44. The molecule has 1 aromatic rings. The largest absolute Gasteiger partial charge is 0.477 e. The molecule has 1 aliphatic rings. The summed E-state index contributed by atoms with van der Waals surface area (Å²) in [7, 11) is 0. The molecule has 0 spiro atoms. The molecule has 1 aromatic carbocycles. The second-order valence-corrected chi connectivity index (χ2v) is 4.83. The summed E-state index contributed by atoms with van der Waals surface area (Å²) in [6.45, 7) is 1.17. The van der Waals surface area contributed by atoms with Gasteiger partial charge in [0.25, 0.3) is 5.91 Å². The molecule has 1 aliphatic heterocycles. The number of piperidine rings is 1. The van der Waals surface area contributed by atoms with Gasteiger partial charge < -0.3 is 9.64 Å². The van der Waals surface area contributed by atoms with E-state index in [1.165, 1.54) is 12.1 Å². The van der Waals surface area contributed by atoms with Crippen molar-refractivity contribution in [3.05, 3.63) is 33.9 Å². The highest BCUT2D eigenvalue weighted by molar-refractivity contribution is 5.79. The highest BCUT2D eigenvalue weighted by Crippen LogP contribution is 2.27. The Labute approximate surface area is 121 Å². The van der Waals surface area contributed by atoms with E-state index in [2.05, 4.69) is 0 Å². The van der Waals surface area contributed by atoms with E-state index in [0.29, 0.717) is 19.4 Å². The zero-order chi connectivity index (χ0) is 15.2. The Morgan fingerprint density at radius 1 is 1.33 bits per heavy atom. The summed E-state index contributed by atoms with van der Waals surface area (Å²) in [6, 6.07) is 3.89. The number of nitro groups is 1. The average molecular weight is 292 g/mol. The number of carbonyl (C=O) groups excluding carboxylic acids is 2. The van der Waals surface area contributed by atoms with E-state index in [9.17, 15) is 19.7 Å². The molecule has 0 radical (unpaired) electrons. The molecule has 1 fully saturated rings. The van der Waals surface area contributed by atoms with Gasteiger partial charge in [0.15, 0.2) is 12.4 Å². The Bertz CT molecular complexity index is 552. The normalized spacial score (nSPS) is 14.6. The summed E-state index contributed by atoms with van der Waals surface area (Å²) in [6.07, 6.45) is 3.58. The topological polar surface area (TPSA) is 89.8 Å². The summed E-state index contributed by atoms with van der Waals surface area (Å²) in [5, 5.41) is 11.0. The van der Waals surface area contributed by atoms with Crippen molar-refractivity contribution < 1.29 is 19.2 Å². The third-order valence-corrected chi connectivity index (χ3v) is 3.38. The molecule has 0 bridgehead atoms. The van der Waals surface area contributed by atoms with Gasteiger partial charge in [-0.15, -0.1) is 0 Å². The lowest BCUT2D eigenvalue weighted by Gasteiger charge is -2.26. The number of carbonyl (C=O) groups is 2. The second kappa shape index (κ2) is 6.83. The molecule has 0 unspecified atom stereocenters. The van der Waals surface area contributed by atoms with Gasteiger partial charge in [-0.3, -0.25) is 19.7 Å². The number of ether oxygens (including phenoxy) is 1. The minimum Gasteiger partial charge on any atom is -0.477 e. The van der Waals surface area contributed by atoms with Gasteiger partial charge in [-0.05, 0) is 31.4 Å². The number of benzene rings is 1. The number of hydrogen-bond donors (Lipinski definition) is 0. The van der Waals surface area contributed by atoms with Crippen LogP contribution in [0.3, 0.4) is 0 Å². The monoisotopic (exact) mass is 292 g/mol. The van der Waals surface area contributed by atoms with Crippen LogP contribution in [0.15, 0.2) is 18.2 Å². The highest BCUT2D eigenvalue weighted by Gasteiger charge is 2.20. The van der Waals surface area contributed by atoms with E-state index < -0.39 is 4.92 Å². The zero-order valence-corrected chi connectivity index (χ0v) is 11.5. The van der Waals surface area contributed by atoms with Gasteiger partial charge in [-0.2, -0.15) is 0 Å². The summed E-state index contributed by atoms with van der Waals surface area (Å²) < 4.78 is 5.26. The maximum Gasteiger partial charge on any atom is 0.311 e. The molecule has 7 heteroatoms. The van der Waals surface area contributed by atoms with E-state index in [-0.39, 0.29) is 29.5 Å². The Balaban J connectivity index is 2.03. The van der Waals surface area contributed by atoms with Crippen LogP contribution in [0, 0.1) is 10.1 Å². The third-order valence-electron chi connectivity index (χ3n) is 3.38. The van der Waals surface area contributed by atoms with Gasteiger partial charge in [0.05, 0.1) is 4.92 Å². The SMILES string of the molecule is O=Cc1ccc(OCC(=O)N2CCCCC2)c([N+](=O)[O-])c1. The number of rotatable bonds is 5. The third kappa shape index (κ3) is 3.77. The van der Waals surface area contributed by atoms with Gasteiger partial charge in [-0.25, -0.2) is 0 Å². The number of aldehydes is 1. The Kier molecular flexibility index (Phi) is 4.86. The number of hydrogen-bond acceptors (Lipinski definition) is 5. The van der Waals surface area contributed by atoms with E-state index in [1.807, 2.05) is 0 Å². The van der Waals surface area contributed by atoms with Crippen molar-refractivity contribution in [2.45, 2.75) is 19.3 Å². The van der Waals surface area contributed by atoms with Crippen molar-refractivity contribution in [1.82, 2.24) is 4.90 Å². The van der Waals surface area contributed by atoms with Crippen LogP contribution in [-0.2, 0) is 4.79 Å². The summed E-state index contributed by atoms with van der Waals surface area (Å²) >= 11 is 0. The molecule has 1 amide bonds. The summed E-state index contributed by atoms with van der Waals surface area (Å²) in [5.41, 5.74) is -0.123.